The molecule has 0 spiro atoms. The van der Waals surface area contributed by atoms with Crippen LogP contribution in [0.15, 0.2) is 182 Å². The first kappa shape index (κ1) is 32.2. The Morgan fingerprint density at radius 3 is 1.61 bits per heavy atom. The van der Waals surface area contributed by atoms with Gasteiger partial charge in [0.15, 0.2) is 0 Å². The summed E-state index contributed by atoms with van der Waals surface area (Å²) in [5.74, 6) is 0. The lowest BCUT2D eigenvalue weighted by molar-refractivity contribution is 1.23. The van der Waals surface area contributed by atoms with Crippen LogP contribution in [0.1, 0.15) is 22.3 Å². The predicted octanol–water partition coefficient (Wildman–Crippen LogP) is 14.8. The fourth-order valence-electron chi connectivity index (χ4n) is 8.32. The molecule has 8 aromatic carbocycles. The minimum absolute atomic E-state index is 0.968. The molecule has 54 heavy (non-hydrogen) atoms. The van der Waals surface area contributed by atoms with Crippen LogP contribution in [0.25, 0.3) is 42.4 Å². The first-order chi connectivity index (χ1) is 26.6. The predicted molar refractivity (Wildman–Crippen MR) is 232 cm³/mol. The van der Waals surface area contributed by atoms with Crippen LogP contribution in [0, 0.1) is 13.8 Å². The molecule has 3 heteroatoms. The van der Waals surface area contributed by atoms with Crippen molar-refractivity contribution in [2.75, 3.05) is 9.80 Å². The first-order valence-electron chi connectivity index (χ1n) is 18.6. The number of hydrogen-bond donors (Lipinski definition) is 0. The molecule has 0 fully saturated rings. The zero-order valence-electron chi connectivity index (χ0n) is 30.3. The van der Waals surface area contributed by atoms with Crippen LogP contribution in [-0.4, -0.2) is 0 Å². The molecule has 0 radical (unpaired) electrons. The summed E-state index contributed by atoms with van der Waals surface area (Å²) in [4.78, 5) is 4.79. The summed E-state index contributed by atoms with van der Waals surface area (Å²) in [7, 11) is 0. The summed E-state index contributed by atoms with van der Waals surface area (Å²) in [6.45, 7) is 4.41. The lowest BCUT2D eigenvalue weighted by atomic mass is 9.96. The number of rotatable bonds is 7. The molecule has 0 bridgehead atoms. The summed E-state index contributed by atoms with van der Waals surface area (Å²) in [5, 5.41) is 2.55. The van der Waals surface area contributed by atoms with Gasteiger partial charge >= 0.3 is 0 Å². The molecule has 10 rings (SSSR count). The first-order valence-corrected chi connectivity index (χ1v) is 19.5. The number of hydrogen-bond acceptors (Lipinski definition) is 3. The molecular formula is C51H38N2S. The average molecular weight is 711 g/mol. The molecule has 0 aliphatic heterocycles. The van der Waals surface area contributed by atoms with Crippen LogP contribution in [0.3, 0.4) is 0 Å². The average Bonchev–Trinajstić information content (AvgIpc) is 3.77. The number of anilines is 6. The van der Waals surface area contributed by atoms with E-state index in [1.54, 1.807) is 0 Å². The van der Waals surface area contributed by atoms with Crippen LogP contribution in [0.5, 0.6) is 0 Å². The molecule has 1 aliphatic rings. The molecule has 0 saturated carbocycles. The largest absolute Gasteiger partial charge is 0.310 e. The summed E-state index contributed by atoms with van der Waals surface area (Å²) in [6.07, 6.45) is 0.968. The van der Waals surface area contributed by atoms with E-state index in [0.717, 1.165) is 34.9 Å². The topological polar surface area (TPSA) is 6.48 Å². The molecule has 0 saturated heterocycles. The maximum Gasteiger partial charge on any atom is 0.0476 e. The molecule has 9 aromatic rings. The Kier molecular flexibility index (Phi) is 7.89. The van der Waals surface area contributed by atoms with Gasteiger partial charge in [0.1, 0.15) is 0 Å². The fourth-order valence-corrected chi connectivity index (χ4v) is 9.43. The Morgan fingerprint density at radius 1 is 0.352 bits per heavy atom. The monoisotopic (exact) mass is 710 g/mol. The number of fused-ring (bicyclic) bond motifs is 6. The van der Waals surface area contributed by atoms with Gasteiger partial charge in [-0.05, 0) is 144 Å². The van der Waals surface area contributed by atoms with Gasteiger partial charge in [-0.2, -0.15) is 0 Å². The van der Waals surface area contributed by atoms with Crippen LogP contribution < -0.4 is 9.80 Å². The lowest BCUT2D eigenvalue weighted by Crippen LogP contribution is -2.10. The van der Waals surface area contributed by atoms with E-state index >= 15 is 0 Å². The molecule has 0 amide bonds. The summed E-state index contributed by atoms with van der Waals surface area (Å²) in [6, 6.07) is 66.7. The summed E-state index contributed by atoms with van der Waals surface area (Å²) >= 11 is 1.87. The van der Waals surface area contributed by atoms with E-state index in [2.05, 4.69) is 206 Å². The normalized spacial score (nSPS) is 11.8. The number of aryl methyl sites for hydroxylation is 2. The Morgan fingerprint density at radius 2 is 0.889 bits per heavy atom. The smallest absolute Gasteiger partial charge is 0.0476 e. The van der Waals surface area contributed by atoms with E-state index in [-0.39, 0.29) is 0 Å². The Labute approximate surface area is 320 Å². The molecule has 0 unspecified atom stereocenters. The zero-order chi connectivity index (χ0) is 36.2. The van der Waals surface area contributed by atoms with Crippen molar-refractivity contribution in [2.45, 2.75) is 20.3 Å². The van der Waals surface area contributed by atoms with Crippen molar-refractivity contribution in [3.8, 4) is 22.3 Å². The minimum Gasteiger partial charge on any atom is -0.310 e. The maximum absolute atomic E-state index is 2.40. The highest BCUT2D eigenvalue weighted by molar-refractivity contribution is 7.25. The minimum atomic E-state index is 0.968. The second-order valence-electron chi connectivity index (χ2n) is 14.3. The van der Waals surface area contributed by atoms with Crippen molar-refractivity contribution in [1.82, 2.24) is 0 Å². The molecule has 1 aromatic heterocycles. The highest BCUT2D eigenvalue weighted by Crippen LogP contribution is 2.45. The van der Waals surface area contributed by atoms with E-state index in [9.17, 15) is 0 Å². The highest BCUT2D eigenvalue weighted by atomic mass is 32.1. The number of nitrogens with zero attached hydrogens (tertiary/aromatic N) is 2. The van der Waals surface area contributed by atoms with Gasteiger partial charge in [0.05, 0.1) is 0 Å². The SMILES string of the molecule is Cc1ccccc1-c1ccc(N(c2ccccc2)c2ccc3sc4cc(N(c5ccccc5)c5ccc6c(c5)Cc5ccccc5-6)ccc4c3c2)cc1C. The van der Waals surface area contributed by atoms with Crippen molar-refractivity contribution in [1.29, 1.82) is 0 Å². The van der Waals surface area contributed by atoms with Gasteiger partial charge in [-0.3, -0.25) is 0 Å². The van der Waals surface area contributed by atoms with E-state index in [4.69, 9.17) is 0 Å². The standard InChI is InChI=1S/C51H38N2S/c1-34-13-9-11-19-44(34)45-25-21-40(29-35(45)2)52(38-15-5-3-6-16-38)42-24-28-50-49(32-42)48-27-23-43(33-51(48)54-50)53(39-17-7-4-8-18-39)41-22-26-47-37(31-41)30-36-14-10-12-20-46(36)47/h3-29,31-33H,30H2,1-2H3. The molecule has 258 valence electrons. The van der Waals surface area contributed by atoms with E-state index in [1.165, 1.54) is 70.4 Å². The third kappa shape index (κ3) is 5.57. The van der Waals surface area contributed by atoms with Crippen LogP contribution in [0.2, 0.25) is 0 Å². The van der Waals surface area contributed by atoms with Crippen molar-refractivity contribution >= 4 is 65.6 Å². The van der Waals surface area contributed by atoms with Crippen LogP contribution in [-0.2, 0) is 6.42 Å². The van der Waals surface area contributed by atoms with Crippen molar-refractivity contribution in [3.05, 3.63) is 204 Å². The molecular weight excluding hydrogens is 673 g/mol. The van der Waals surface area contributed by atoms with E-state index < -0.39 is 0 Å². The van der Waals surface area contributed by atoms with Crippen molar-refractivity contribution in [2.24, 2.45) is 0 Å². The Bertz CT molecular complexity index is 2840. The maximum atomic E-state index is 2.40. The van der Waals surface area contributed by atoms with Crippen LogP contribution in [0.4, 0.5) is 34.1 Å². The Hall–Kier alpha value is -6.42. The quantitative estimate of drug-likeness (QED) is 0.162. The van der Waals surface area contributed by atoms with Gasteiger partial charge in [-0.1, -0.05) is 103 Å². The van der Waals surface area contributed by atoms with Gasteiger partial charge < -0.3 is 9.80 Å². The number of thiophene rings is 1. The summed E-state index contributed by atoms with van der Waals surface area (Å²) < 4.78 is 2.56. The van der Waals surface area contributed by atoms with E-state index in [1.807, 2.05) is 11.3 Å². The second-order valence-corrected chi connectivity index (χ2v) is 15.4. The fraction of sp³-hybridized carbons (Fsp3) is 0.0588. The number of benzene rings is 8. The van der Waals surface area contributed by atoms with Gasteiger partial charge in [-0.15, -0.1) is 11.3 Å². The highest BCUT2D eigenvalue weighted by Gasteiger charge is 2.22. The number of para-hydroxylation sites is 2. The van der Waals surface area contributed by atoms with Gasteiger partial charge in [-0.25, -0.2) is 0 Å². The molecule has 1 aliphatic carbocycles. The Balaban J connectivity index is 1.06. The van der Waals surface area contributed by atoms with Crippen LogP contribution >= 0.6 is 11.3 Å². The van der Waals surface area contributed by atoms with Gasteiger partial charge in [0, 0.05) is 54.3 Å². The zero-order valence-corrected chi connectivity index (χ0v) is 31.1. The molecule has 1 heterocycles. The van der Waals surface area contributed by atoms with Crippen molar-refractivity contribution in [3.63, 3.8) is 0 Å². The summed E-state index contributed by atoms with van der Waals surface area (Å²) in [5.41, 5.74) is 17.5. The molecule has 0 atom stereocenters. The second kappa shape index (κ2) is 13.2. The molecule has 2 nitrogen and oxygen atoms in total. The molecule has 0 N–H and O–H groups in total. The third-order valence-corrected chi connectivity index (χ3v) is 12.1. The lowest BCUT2D eigenvalue weighted by Gasteiger charge is -2.26. The third-order valence-electron chi connectivity index (χ3n) is 10.9. The van der Waals surface area contributed by atoms with Gasteiger partial charge in [0.25, 0.3) is 0 Å². The van der Waals surface area contributed by atoms with Crippen molar-refractivity contribution < 1.29 is 0 Å². The van der Waals surface area contributed by atoms with Gasteiger partial charge in [0.2, 0.25) is 0 Å². The van der Waals surface area contributed by atoms with E-state index in [0.29, 0.717) is 0 Å².